The molecule has 3 amide bonds. The number of carbonyl (C=O) groups excluding carboxylic acids is 2. The average molecular weight is 314 g/mol. The third-order valence-corrected chi connectivity index (χ3v) is 4.76. The van der Waals surface area contributed by atoms with Crippen LogP contribution in [0.4, 0.5) is 4.79 Å². The summed E-state index contributed by atoms with van der Waals surface area (Å²) in [5.41, 5.74) is 5.18. The molecule has 0 aliphatic rings. The predicted molar refractivity (Wildman–Crippen MR) is 72.2 cm³/mol. The van der Waals surface area contributed by atoms with Gasteiger partial charge in [-0.25, -0.2) is 13.2 Å². The van der Waals surface area contributed by atoms with Crippen molar-refractivity contribution in [3.05, 3.63) is 29.8 Å². The van der Waals surface area contributed by atoms with Gasteiger partial charge in [0.05, 0.1) is 11.3 Å². The van der Waals surface area contributed by atoms with E-state index < -0.39 is 33.0 Å². The van der Waals surface area contributed by atoms with Crippen LogP contribution in [0.1, 0.15) is 12.5 Å². The number of carbonyl (C=O) groups is 3. The van der Waals surface area contributed by atoms with Crippen molar-refractivity contribution in [1.82, 2.24) is 5.32 Å². The maximum Gasteiger partial charge on any atom is 0.318 e. The van der Waals surface area contributed by atoms with Crippen LogP contribution in [0.5, 0.6) is 0 Å². The zero-order valence-electron chi connectivity index (χ0n) is 11.1. The summed E-state index contributed by atoms with van der Waals surface area (Å²) in [7, 11) is -4.00. The number of aliphatic carboxylic acids is 1. The van der Waals surface area contributed by atoms with Crippen LogP contribution in [0, 0.1) is 0 Å². The number of amides is 3. The number of carboxylic acids is 1. The zero-order chi connectivity index (χ0) is 16.2. The Labute approximate surface area is 120 Å². The van der Waals surface area contributed by atoms with Gasteiger partial charge >= 0.3 is 12.0 Å². The fraction of sp³-hybridized carbons (Fsp3) is 0.250. The van der Waals surface area contributed by atoms with Crippen LogP contribution >= 0.6 is 0 Å². The molecule has 1 aromatic rings. The molecule has 0 saturated carbocycles. The fourth-order valence-electron chi connectivity index (χ4n) is 1.54. The number of primary amides is 1. The van der Waals surface area contributed by atoms with Crippen LogP contribution in [-0.4, -0.2) is 36.7 Å². The first-order valence-corrected chi connectivity index (χ1v) is 7.34. The molecule has 0 aliphatic carbocycles. The molecule has 1 aromatic carbocycles. The first-order chi connectivity index (χ1) is 9.64. The molecule has 0 saturated heterocycles. The van der Waals surface area contributed by atoms with E-state index in [0.717, 1.165) is 6.92 Å². The van der Waals surface area contributed by atoms with E-state index in [-0.39, 0.29) is 11.3 Å². The number of hydrogen-bond donors (Lipinski definition) is 3. The lowest BCUT2D eigenvalue weighted by molar-refractivity contribution is -0.136. The molecule has 8 nitrogen and oxygen atoms in total. The lowest BCUT2D eigenvalue weighted by Gasteiger charge is -2.12. The topological polar surface area (TPSA) is 144 Å². The van der Waals surface area contributed by atoms with Crippen LogP contribution < -0.4 is 11.1 Å². The van der Waals surface area contributed by atoms with E-state index in [4.69, 9.17) is 10.8 Å². The summed E-state index contributed by atoms with van der Waals surface area (Å²) in [6.07, 6.45) is -0.238. The molecule has 4 N–H and O–H groups in total. The molecule has 0 bridgehead atoms. The number of imide groups is 1. The number of nitrogens with one attached hydrogen (secondary N) is 1. The van der Waals surface area contributed by atoms with Gasteiger partial charge in [-0.05, 0) is 24.6 Å². The van der Waals surface area contributed by atoms with Crippen molar-refractivity contribution in [2.75, 3.05) is 0 Å². The van der Waals surface area contributed by atoms with Gasteiger partial charge in [-0.3, -0.25) is 14.9 Å². The number of carboxylic acid groups (broad SMARTS) is 1. The van der Waals surface area contributed by atoms with Crippen molar-refractivity contribution in [3.8, 4) is 0 Å². The Kier molecular flexibility index (Phi) is 5.03. The summed E-state index contributed by atoms with van der Waals surface area (Å²) in [5.74, 6) is -2.07. The van der Waals surface area contributed by atoms with Crippen LogP contribution in [0.3, 0.4) is 0 Å². The van der Waals surface area contributed by atoms with Gasteiger partial charge in [0.15, 0.2) is 9.84 Å². The molecule has 0 heterocycles. The Morgan fingerprint density at radius 3 is 2.19 bits per heavy atom. The molecule has 1 rings (SSSR count). The summed E-state index contributed by atoms with van der Waals surface area (Å²) in [4.78, 5) is 32.5. The Morgan fingerprint density at radius 1 is 1.24 bits per heavy atom. The molecule has 0 radical (unpaired) electrons. The number of urea groups is 1. The highest BCUT2D eigenvalue weighted by Crippen LogP contribution is 2.17. The van der Waals surface area contributed by atoms with Gasteiger partial charge in [-0.15, -0.1) is 0 Å². The summed E-state index contributed by atoms with van der Waals surface area (Å²) >= 11 is 0. The predicted octanol–water partition coefficient (Wildman–Crippen LogP) is -0.329. The second-order valence-electron chi connectivity index (χ2n) is 4.26. The van der Waals surface area contributed by atoms with Gasteiger partial charge < -0.3 is 10.8 Å². The van der Waals surface area contributed by atoms with Gasteiger partial charge in [0.2, 0.25) is 5.91 Å². The monoisotopic (exact) mass is 314 g/mol. The first-order valence-electron chi connectivity index (χ1n) is 5.79. The van der Waals surface area contributed by atoms with Crippen molar-refractivity contribution in [2.45, 2.75) is 23.5 Å². The van der Waals surface area contributed by atoms with E-state index in [1.54, 1.807) is 5.32 Å². The van der Waals surface area contributed by atoms with E-state index >= 15 is 0 Å². The van der Waals surface area contributed by atoms with Gasteiger partial charge in [0.25, 0.3) is 0 Å². The van der Waals surface area contributed by atoms with Crippen LogP contribution in [0.25, 0.3) is 0 Å². The van der Waals surface area contributed by atoms with Gasteiger partial charge in [-0.2, -0.15) is 0 Å². The molecule has 0 aliphatic heterocycles. The number of sulfone groups is 1. The average Bonchev–Trinajstić information content (AvgIpc) is 2.36. The van der Waals surface area contributed by atoms with Crippen LogP contribution in [0.15, 0.2) is 29.2 Å². The summed E-state index contributed by atoms with van der Waals surface area (Å²) in [6.45, 7) is 1.12. The first kappa shape index (κ1) is 16.6. The Bertz CT molecular complexity index is 665. The minimum Gasteiger partial charge on any atom is -0.481 e. The lowest BCUT2D eigenvalue weighted by Crippen LogP contribution is -2.43. The Hall–Kier alpha value is -2.42. The smallest absolute Gasteiger partial charge is 0.318 e. The molecule has 0 aromatic heterocycles. The number of rotatable bonds is 5. The van der Waals surface area contributed by atoms with Crippen LogP contribution in [0.2, 0.25) is 0 Å². The van der Waals surface area contributed by atoms with Gasteiger partial charge in [-0.1, -0.05) is 12.1 Å². The van der Waals surface area contributed by atoms with E-state index in [9.17, 15) is 22.8 Å². The van der Waals surface area contributed by atoms with E-state index in [0.29, 0.717) is 5.56 Å². The van der Waals surface area contributed by atoms with Gasteiger partial charge in [0.1, 0.15) is 5.25 Å². The maximum atomic E-state index is 12.2. The second kappa shape index (κ2) is 6.35. The minimum atomic E-state index is -4.00. The standard InChI is InChI=1S/C12H14N2O6S/c1-7(11(17)14-12(13)18)21(19,20)9-4-2-8(3-5-9)6-10(15)16/h2-5,7H,6H2,1H3,(H,15,16)(H3,13,14,17,18). The van der Waals surface area contributed by atoms with Gasteiger partial charge in [0, 0.05) is 0 Å². The molecule has 0 spiro atoms. The van der Waals surface area contributed by atoms with E-state index in [1.807, 2.05) is 0 Å². The Balaban J connectivity index is 2.99. The highest BCUT2D eigenvalue weighted by molar-refractivity contribution is 7.92. The van der Waals surface area contributed by atoms with E-state index in [1.165, 1.54) is 24.3 Å². The maximum absolute atomic E-state index is 12.2. The summed E-state index contributed by atoms with van der Waals surface area (Å²) < 4.78 is 24.3. The van der Waals surface area contributed by atoms with Crippen LogP contribution in [-0.2, 0) is 25.8 Å². The van der Waals surface area contributed by atoms with Crippen molar-refractivity contribution >= 4 is 27.7 Å². The van der Waals surface area contributed by atoms with Crippen molar-refractivity contribution in [1.29, 1.82) is 0 Å². The zero-order valence-corrected chi connectivity index (χ0v) is 11.9. The molecule has 9 heteroatoms. The third-order valence-electron chi connectivity index (χ3n) is 2.69. The highest BCUT2D eigenvalue weighted by atomic mass is 32.2. The molecule has 0 fully saturated rings. The second-order valence-corrected chi connectivity index (χ2v) is 6.52. The SMILES string of the molecule is CC(C(=O)NC(N)=O)S(=O)(=O)c1ccc(CC(=O)O)cc1. The van der Waals surface area contributed by atoms with Crippen molar-refractivity contribution < 1.29 is 27.9 Å². The summed E-state index contributed by atoms with van der Waals surface area (Å²) in [6, 6.07) is 3.97. The molecule has 114 valence electrons. The molecular weight excluding hydrogens is 300 g/mol. The third kappa shape index (κ3) is 4.28. The number of hydrogen-bond acceptors (Lipinski definition) is 5. The molecule has 21 heavy (non-hydrogen) atoms. The van der Waals surface area contributed by atoms with Crippen molar-refractivity contribution in [2.24, 2.45) is 5.73 Å². The minimum absolute atomic E-state index is 0.149. The van der Waals surface area contributed by atoms with Crippen molar-refractivity contribution in [3.63, 3.8) is 0 Å². The lowest BCUT2D eigenvalue weighted by atomic mass is 10.2. The quantitative estimate of drug-likeness (QED) is 0.679. The molecular formula is C12H14N2O6S. The highest BCUT2D eigenvalue weighted by Gasteiger charge is 2.30. The summed E-state index contributed by atoms with van der Waals surface area (Å²) in [5, 5.41) is 8.82. The fourth-order valence-corrected chi connectivity index (χ4v) is 2.80. The van der Waals surface area contributed by atoms with E-state index in [2.05, 4.69) is 0 Å². The largest absolute Gasteiger partial charge is 0.481 e. The Morgan fingerprint density at radius 2 is 1.76 bits per heavy atom. The normalized spacial score (nSPS) is 12.4. The number of benzene rings is 1. The molecule has 1 atom stereocenters. The molecule has 1 unspecified atom stereocenters. The number of nitrogens with two attached hydrogens (primary N) is 1.